The molecule has 0 aliphatic carbocycles. The highest BCUT2D eigenvalue weighted by molar-refractivity contribution is 7.89. The first-order valence-electron chi connectivity index (χ1n) is 9.45. The Hall–Kier alpha value is -2.64. The van der Waals surface area contributed by atoms with Gasteiger partial charge in [-0.25, -0.2) is 8.42 Å². The lowest BCUT2D eigenvalue weighted by atomic mass is 10.0. The van der Waals surface area contributed by atoms with Crippen LogP contribution in [0.2, 0.25) is 0 Å². The quantitative estimate of drug-likeness (QED) is 0.654. The van der Waals surface area contributed by atoms with E-state index in [0.717, 1.165) is 27.7 Å². The highest BCUT2D eigenvalue weighted by Gasteiger charge is 2.23. The molecule has 1 amide bonds. The van der Waals surface area contributed by atoms with E-state index in [2.05, 4.69) is 5.32 Å². The van der Waals surface area contributed by atoms with Crippen LogP contribution in [0.15, 0.2) is 52.0 Å². The molecule has 0 saturated carbocycles. The van der Waals surface area contributed by atoms with Gasteiger partial charge in [0.25, 0.3) is 0 Å². The van der Waals surface area contributed by atoms with E-state index in [4.69, 9.17) is 4.42 Å². The van der Waals surface area contributed by atoms with E-state index in [1.54, 1.807) is 25.4 Å². The van der Waals surface area contributed by atoms with Gasteiger partial charge in [-0.05, 0) is 63.1 Å². The minimum Gasteiger partial charge on any atom is -0.464 e. The van der Waals surface area contributed by atoms with Gasteiger partial charge < -0.3 is 9.73 Å². The van der Waals surface area contributed by atoms with Crippen molar-refractivity contribution in [1.29, 1.82) is 0 Å². The van der Waals surface area contributed by atoms with Crippen molar-refractivity contribution in [1.82, 2.24) is 4.31 Å². The number of rotatable bonds is 6. The summed E-state index contributed by atoms with van der Waals surface area (Å²) < 4.78 is 32.0. The van der Waals surface area contributed by atoms with Gasteiger partial charge in [-0.15, -0.1) is 0 Å². The highest BCUT2D eigenvalue weighted by Crippen LogP contribution is 2.27. The summed E-state index contributed by atoms with van der Waals surface area (Å²) in [5.41, 5.74) is 4.37. The second kappa shape index (κ2) is 8.00. The Morgan fingerprint density at radius 3 is 2.38 bits per heavy atom. The zero-order chi connectivity index (χ0) is 21.3. The molecule has 2 aromatic carbocycles. The first-order valence-corrected chi connectivity index (χ1v) is 10.9. The van der Waals surface area contributed by atoms with Crippen LogP contribution < -0.4 is 5.32 Å². The highest BCUT2D eigenvalue weighted by atomic mass is 32.2. The molecule has 0 aliphatic heterocycles. The number of hydrogen-bond acceptors (Lipinski definition) is 4. The fraction of sp³-hybridized carbons (Fsp3) is 0.318. The summed E-state index contributed by atoms with van der Waals surface area (Å²) in [6.07, 6.45) is 1.79. The Bertz CT molecular complexity index is 1150. The third-order valence-electron chi connectivity index (χ3n) is 5.23. The average Bonchev–Trinajstić information content (AvgIpc) is 3.07. The molecule has 0 radical (unpaired) electrons. The van der Waals surface area contributed by atoms with Crippen LogP contribution in [0.1, 0.15) is 30.5 Å². The number of hydrogen-bond donors (Lipinski definition) is 1. The number of benzene rings is 2. The third-order valence-corrected chi connectivity index (χ3v) is 7.28. The number of fused-ring (bicyclic) bond motifs is 1. The molecule has 7 heteroatoms. The van der Waals surface area contributed by atoms with Crippen LogP contribution in [0.25, 0.3) is 11.0 Å². The lowest BCUT2D eigenvalue weighted by Crippen LogP contribution is -2.33. The normalized spacial score (nSPS) is 12.1. The first kappa shape index (κ1) is 21.1. The Balaban J connectivity index is 1.73. The van der Waals surface area contributed by atoms with Crippen molar-refractivity contribution in [2.45, 2.75) is 45.1 Å². The predicted octanol–water partition coefficient (Wildman–Crippen LogP) is 4.26. The van der Waals surface area contributed by atoms with Crippen LogP contribution in [0.3, 0.4) is 0 Å². The van der Waals surface area contributed by atoms with E-state index in [0.29, 0.717) is 5.69 Å². The maximum Gasteiger partial charge on any atom is 0.243 e. The molecular weight excluding hydrogens is 388 g/mol. The molecule has 0 unspecified atom stereocenters. The molecule has 6 nitrogen and oxygen atoms in total. The zero-order valence-corrected chi connectivity index (χ0v) is 18.1. The lowest BCUT2D eigenvalue weighted by Gasteiger charge is -2.21. The van der Waals surface area contributed by atoms with E-state index in [1.807, 2.05) is 39.8 Å². The van der Waals surface area contributed by atoms with Crippen LogP contribution in [0, 0.1) is 13.8 Å². The van der Waals surface area contributed by atoms with E-state index >= 15 is 0 Å². The molecule has 0 spiro atoms. The van der Waals surface area contributed by atoms with Crippen molar-refractivity contribution >= 4 is 32.6 Å². The minimum atomic E-state index is -3.55. The van der Waals surface area contributed by atoms with Gasteiger partial charge in [0.05, 0.1) is 17.6 Å². The van der Waals surface area contributed by atoms with Crippen molar-refractivity contribution < 1.29 is 17.6 Å². The number of nitrogens with one attached hydrogen (secondary N) is 1. The first-order chi connectivity index (χ1) is 13.6. The predicted molar refractivity (Wildman–Crippen MR) is 115 cm³/mol. The summed E-state index contributed by atoms with van der Waals surface area (Å²) in [6.45, 7) is 7.65. The van der Waals surface area contributed by atoms with Gasteiger partial charge in [0.1, 0.15) is 5.58 Å². The van der Waals surface area contributed by atoms with E-state index in [9.17, 15) is 13.2 Å². The third kappa shape index (κ3) is 4.21. The Labute approximate surface area is 171 Å². The maximum absolute atomic E-state index is 12.5. The van der Waals surface area contributed by atoms with Crippen molar-refractivity contribution in [2.75, 3.05) is 12.4 Å². The molecule has 154 valence electrons. The fourth-order valence-corrected chi connectivity index (χ4v) is 4.43. The molecule has 1 heterocycles. The average molecular weight is 415 g/mol. The smallest absolute Gasteiger partial charge is 0.243 e. The molecule has 0 atom stereocenters. The van der Waals surface area contributed by atoms with Gasteiger partial charge in [-0.2, -0.15) is 4.31 Å². The molecule has 1 aromatic heterocycles. The minimum absolute atomic E-state index is 0.142. The molecule has 29 heavy (non-hydrogen) atoms. The number of sulfonamides is 1. The van der Waals surface area contributed by atoms with Crippen LogP contribution >= 0.6 is 0 Å². The summed E-state index contributed by atoms with van der Waals surface area (Å²) in [6, 6.07) is 10.0. The molecule has 0 saturated heterocycles. The molecule has 1 N–H and O–H groups in total. The van der Waals surface area contributed by atoms with Crippen LogP contribution in [-0.4, -0.2) is 31.7 Å². The van der Waals surface area contributed by atoms with Crippen LogP contribution in [0.4, 0.5) is 5.69 Å². The Morgan fingerprint density at radius 1 is 1.10 bits per heavy atom. The van der Waals surface area contributed by atoms with Crippen LogP contribution in [0.5, 0.6) is 0 Å². The number of nitrogens with zero attached hydrogens (tertiary/aromatic N) is 1. The fourth-order valence-electron chi connectivity index (χ4n) is 3.06. The molecule has 0 fully saturated rings. The van der Waals surface area contributed by atoms with Gasteiger partial charge in [-0.1, -0.05) is 12.1 Å². The second-order valence-electron chi connectivity index (χ2n) is 7.51. The summed E-state index contributed by atoms with van der Waals surface area (Å²) in [4.78, 5) is 12.7. The van der Waals surface area contributed by atoms with Crippen molar-refractivity contribution in [2.24, 2.45) is 0 Å². The number of furan rings is 1. The van der Waals surface area contributed by atoms with Crippen molar-refractivity contribution in [3.05, 3.63) is 59.4 Å². The summed E-state index contributed by atoms with van der Waals surface area (Å²) >= 11 is 0. The molecule has 0 bridgehead atoms. The SMILES string of the molecule is Cc1ccc2c(CC(=O)Nc3ccc(S(=O)(=O)N(C)C(C)C)cc3)coc2c1C. The topological polar surface area (TPSA) is 79.6 Å². The number of amides is 1. The standard InChI is InChI=1S/C22H26N2O4S/c1-14(2)24(5)29(26,27)19-9-7-18(8-10-19)23-21(25)12-17-13-28-22-16(4)15(3)6-11-20(17)22/h6-11,13-14H,12H2,1-5H3,(H,23,25). The van der Waals surface area contributed by atoms with Crippen molar-refractivity contribution in [3.8, 4) is 0 Å². The Kier molecular flexibility index (Phi) is 5.82. The summed E-state index contributed by atoms with van der Waals surface area (Å²) in [7, 11) is -2.00. The van der Waals surface area contributed by atoms with E-state index in [1.165, 1.54) is 16.4 Å². The van der Waals surface area contributed by atoms with Crippen LogP contribution in [-0.2, 0) is 21.2 Å². The molecular formula is C22H26N2O4S. The second-order valence-corrected chi connectivity index (χ2v) is 9.51. The molecule has 3 rings (SSSR count). The van der Waals surface area contributed by atoms with Crippen molar-refractivity contribution in [3.63, 3.8) is 0 Å². The lowest BCUT2D eigenvalue weighted by molar-refractivity contribution is -0.115. The number of carbonyl (C=O) groups is 1. The zero-order valence-electron chi connectivity index (χ0n) is 17.3. The summed E-state index contributed by atoms with van der Waals surface area (Å²) in [5.74, 6) is -0.194. The van der Waals surface area contributed by atoms with Gasteiger partial charge in [-0.3, -0.25) is 4.79 Å². The summed E-state index contributed by atoms with van der Waals surface area (Å²) in [5, 5.41) is 3.74. The Morgan fingerprint density at radius 2 is 1.76 bits per heavy atom. The monoisotopic (exact) mass is 414 g/mol. The largest absolute Gasteiger partial charge is 0.464 e. The van der Waals surface area contributed by atoms with Gasteiger partial charge >= 0.3 is 0 Å². The maximum atomic E-state index is 12.5. The van der Waals surface area contributed by atoms with Gasteiger partial charge in [0, 0.05) is 29.7 Å². The number of carbonyl (C=O) groups excluding carboxylic acids is 1. The van der Waals surface area contributed by atoms with E-state index < -0.39 is 10.0 Å². The molecule has 3 aromatic rings. The van der Waals surface area contributed by atoms with Gasteiger partial charge in [0.2, 0.25) is 15.9 Å². The number of anilines is 1. The van der Waals surface area contributed by atoms with Gasteiger partial charge in [0.15, 0.2) is 0 Å². The molecule has 0 aliphatic rings. The number of aryl methyl sites for hydroxylation is 2. The van der Waals surface area contributed by atoms with E-state index in [-0.39, 0.29) is 23.3 Å².